The Balaban J connectivity index is 2.30. The Kier molecular flexibility index (Phi) is 4.54. The van der Waals surface area contributed by atoms with E-state index in [2.05, 4.69) is 52.3 Å². The normalized spacial score (nSPS) is 11.5. The van der Waals surface area contributed by atoms with E-state index in [1.165, 1.54) is 0 Å². The molecule has 4 heteroatoms. The first-order chi connectivity index (χ1) is 6.99. The number of halogens is 1. The molecule has 1 aromatic rings. The number of pyridine rings is 1. The van der Waals surface area contributed by atoms with Crippen LogP contribution < -0.4 is 10.6 Å². The average molecular weight is 272 g/mol. The molecule has 0 radical (unpaired) electrons. The molecule has 2 N–H and O–H groups in total. The lowest BCUT2D eigenvalue weighted by Crippen LogP contribution is -2.38. The predicted molar refractivity (Wildman–Crippen MR) is 68.2 cm³/mol. The van der Waals surface area contributed by atoms with Crippen molar-refractivity contribution in [2.75, 3.05) is 18.4 Å². The molecular formula is C11H18BrN3. The van der Waals surface area contributed by atoms with E-state index in [4.69, 9.17) is 0 Å². The summed E-state index contributed by atoms with van der Waals surface area (Å²) >= 11 is 3.39. The Labute approximate surface area is 99.8 Å². The van der Waals surface area contributed by atoms with Crippen LogP contribution in [0, 0.1) is 0 Å². The molecule has 1 heterocycles. The maximum Gasteiger partial charge on any atom is 0.129 e. The minimum atomic E-state index is 0.174. The van der Waals surface area contributed by atoms with Gasteiger partial charge in [0.25, 0.3) is 0 Å². The summed E-state index contributed by atoms with van der Waals surface area (Å²) in [7, 11) is 0. The molecule has 0 fully saturated rings. The number of anilines is 1. The lowest BCUT2D eigenvalue weighted by molar-refractivity contribution is 0.435. The van der Waals surface area contributed by atoms with Crippen LogP contribution in [0.3, 0.4) is 0 Å². The van der Waals surface area contributed by atoms with E-state index in [-0.39, 0.29) is 5.54 Å². The van der Waals surface area contributed by atoms with Gasteiger partial charge in [0.15, 0.2) is 0 Å². The van der Waals surface area contributed by atoms with Gasteiger partial charge in [-0.1, -0.05) is 0 Å². The van der Waals surface area contributed by atoms with E-state index in [0.29, 0.717) is 0 Å². The third-order valence-corrected chi connectivity index (χ3v) is 2.49. The molecule has 0 spiro atoms. The smallest absolute Gasteiger partial charge is 0.129 e. The number of nitrogens with zero attached hydrogens (tertiary/aromatic N) is 1. The fraction of sp³-hybridized carbons (Fsp3) is 0.545. The van der Waals surface area contributed by atoms with Gasteiger partial charge in [0.1, 0.15) is 4.60 Å². The van der Waals surface area contributed by atoms with E-state index in [1.807, 2.05) is 12.1 Å². The summed E-state index contributed by atoms with van der Waals surface area (Å²) in [5, 5.41) is 6.73. The minimum absolute atomic E-state index is 0.174. The number of rotatable bonds is 4. The van der Waals surface area contributed by atoms with Gasteiger partial charge in [-0.15, -0.1) is 0 Å². The van der Waals surface area contributed by atoms with Crippen LogP contribution in [0.2, 0.25) is 0 Å². The van der Waals surface area contributed by atoms with Gasteiger partial charge in [-0.2, -0.15) is 0 Å². The summed E-state index contributed by atoms with van der Waals surface area (Å²) in [5.41, 5.74) is 1.21. The second-order valence-corrected chi connectivity index (χ2v) is 5.20. The monoisotopic (exact) mass is 271 g/mol. The second kappa shape index (κ2) is 5.47. The molecule has 0 atom stereocenters. The van der Waals surface area contributed by atoms with Crippen LogP contribution in [-0.2, 0) is 0 Å². The van der Waals surface area contributed by atoms with Gasteiger partial charge in [-0.25, -0.2) is 4.98 Å². The van der Waals surface area contributed by atoms with E-state index in [9.17, 15) is 0 Å². The zero-order valence-corrected chi connectivity index (χ0v) is 11.1. The van der Waals surface area contributed by atoms with Crippen LogP contribution in [-0.4, -0.2) is 23.6 Å². The maximum absolute atomic E-state index is 4.14. The first-order valence-electron chi connectivity index (χ1n) is 5.08. The van der Waals surface area contributed by atoms with Crippen LogP contribution in [0.5, 0.6) is 0 Å². The molecule has 0 aromatic carbocycles. The molecule has 0 bridgehead atoms. The predicted octanol–water partition coefficient (Wildman–Crippen LogP) is 2.64. The molecule has 0 aliphatic carbocycles. The van der Waals surface area contributed by atoms with Crippen molar-refractivity contribution < 1.29 is 0 Å². The van der Waals surface area contributed by atoms with Crippen molar-refractivity contribution in [3.63, 3.8) is 0 Å². The summed E-state index contributed by atoms with van der Waals surface area (Å²) in [6.07, 6.45) is 1.77. The second-order valence-electron chi connectivity index (χ2n) is 4.45. The number of hydrogen-bond donors (Lipinski definition) is 2. The van der Waals surface area contributed by atoms with Crippen LogP contribution in [0.25, 0.3) is 0 Å². The summed E-state index contributed by atoms with van der Waals surface area (Å²) in [6, 6.07) is 3.93. The molecule has 0 saturated carbocycles. The van der Waals surface area contributed by atoms with Crippen molar-refractivity contribution in [3.8, 4) is 0 Å². The van der Waals surface area contributed by atoms with Gasteiger partial charge in [0, 0.05) is 24.8 Å². The molecular weight excluding hydrogens is 254 g/mol. The third kappa shape index (κ3) is 5.14. The van der Waals surface area contributed by atoms with Crippen LogP contribution in [0.1, 0.15) is 20.8 Å². The molecule has 1 aromatic heterocycles. The van der Waals surface area contributed by atoms with Crippen molar-refractivity contribution in [3.05, 3.63) is 22.9 Å². The Morgan fingerprint density at radius 2 is 2.07 bits per heavy atom. The van der Waals surface area contributed by atoms with Crippen molar-refractivity contribution in [1.82, 2.24) is 10.3 Å². The topological polar surface area (TPSA) is 37.0 Å². The fourth-order valence-corrected chi connectivity index (χ4v) is 1.54. The van der Waals surface area contributed by atoms with Crippen LogP contribution in [0.15, 0.2) is 22.9 Å². The SMILES string of the molecule is CC(C)(C)NCCNc1cccnc1Br. The van der Waals surface area contributed by atoms with Gasteiger partial charge < -0.3 is 10.6 Å². The molecule has 0 aliphatic rings. The van der Waals surface area contributed by atoms with E-state index in [1.54, 1.807) is 6.20 Å². The van der Waals surface area contributed by atoms with Crippen molar-refractivity contribution in [2.24, 2.45) is 0 Å². The van der Waals surface area contributed by atoms with E-state index < -0.39 is 0 Å². The highest BCUT2D eigenvalue weighted by Gasteiger charge is 2.07. The lowest BCUT2D eigenvalue weighted by atomic mass is 10.1. The van der Waals surface area contributed by atoms with Gasteiger partial charge in [-0.3, -0.25) is 0 Å². The highest BCUT2D eigenvalue weighted by molar-refractivity contribution is 9.10. The highest BCUT2D eigenvalue weighted by atomic mass is 79.9. The molecule has 15 heavy (non-hydrogen) atoms. The Morgan fingerprint density at radius 3 is 2.67 bits per heavy atom. The van der Waals surface area contributed by atoms with Gasteiger partial charge in [-0.05, 0) is 48.8 Å². The molecule has 3 nitrogen and oxygen atoms in total. The maximum atomic E-state index is 4.14. The van der Waals surface area contributed by atoms with E-state index in [0.717, 1.165) is 23.4 Å². The van der Waals surface area contributed by atoms with Crippen LogP contribution in [0.4, 0.5) is 5.69 Å². The standard InChI is InChI=1S/C11H18BrN3/c1-11(2,3)15-8-7-13-9-5-4-6-14-10(9)12/h4-6,13,15H,7-8H2,1-3H3. The largest absolute Gasteiger partial charge is 0.382 e. The van der Waals surface area contributed by atoms with Gasteiger partial charge in [0.05, 0.1) is 5.69 Å². The zero-order chi connectivity index (χ0) is 11.3. The first kappa shape index (κ1) is 12.5. The summed E-state index contributed by atoms with van der Waals surface area (Å²) in [4.78, 5) is 4.14. The quantitative estimate of drug-likeness (QED) is 0.653. The Morgan fingerprint density at radius 1 is 1.33 bits per heavy atom. The van der Waals surface area contributed by atoms with Crippen LogP contribution >= 0.6 is 15.9 Å². The number of nitrogens with one attached hydrogen (secondary N) is 2. The van der Waals surface area contributed by atoms with Crippen molar-refractivity contribution in [1.29, 1.82) is 0 Å². The number of hydrogen-bond acceptors (Lipinski definition) is 3. The third-order valence-electron chi connectivity index (χ3n) is 1.85. The fourth-order valence-electron chi connectivity index (χ4n) is 1.15. The average Bonchev–Trinajstić information content (AvgIpc) is 2.13. The Bertz CT molecular complexity index is 307. The number of aromatic nitrogens is 1. The molecule has 84 valence electrons. The summed E-state index contributed by atoms with van der Waals surface area (Å²) < 4.78 is 0.862. The van der Waals surface area contributed by atoms with Crippen molar-refractivity contribution >= 4 is 21.6 Å². The molecule has 0 saturated heterocycles. The van der Waals surface area contributed by atoms with E-state index >= 15 is 0 Å². The summed E-state index contributed by atoms with van der Waals surface area (Å²) in [6.45, 7) is 8.30. The zero-order valence-electron chi connectivity index (χ0n) is 9.47. The van der Waals surface area contributed by atoms with Gasteiger partial charge in [0.2, 0.25) is 0 Å². The van der Waals surface area contributed by atoms with Crippen molar-refractivity contribution in [2.45, 2.75) is 26.3 Å². The molecule has 0 amide bonds. The molecule has 1 rings (SSSR count). The minimum Gasteiger partial charge on any atom is -0.382 e. The highest BCUT2D eigenvalue weighted by Crippen LogP contribution is 2.17. The lowest BCUT2D eigenvalue weighted by Gasteiger charge is -2.20. The molecule has 0 aliphatic heterocycles. The summed E-state index contributed by atoms with van der Waals surface area (Å²) in [5.74, 6) is 0. The van der Waals surface area contributed by atoms with Gasteiger partial charge >= 0.3 is 0 Å². The first-order valence-corrected chi connectivity index (χ1v) is 5.88. The molecule has 0 unspecified atom stereocenters. The Hall–Kier alpha value is -0.610.